The highest BCUT2D eigenvalue weighted by Gasteiger charge is 2.25. The van der Waals surface area contributed by atoms with Crippen LogP contribution >= 0.6 is 0 Å². The van der Waals surface area contributed by atoms with E-state index in [1.807, 2.05) is 24.3 Å². The lowest BCUT2D eigenvalue weighted by molar-refractivity contribution is 0.0885. The monoisotopic (exact) mass is 393 g/mol. The molecule has 0 saturated heterocycles. The Balaban J connectivity index is 1.32. The van der Waals surface area contributed by atoms with Crippen molar-refractivity contribution in [1.29, 1.82) is 0 Å². The molecule has 2 aromatic heterocycles. The molecule has 1 aliphatic rings. The summed E-state index contributed by atoms with van der Waals surface area (Å²) in [6.45, 7) is 0. The SMILES string of the molecule is COc1ccccc1-c1cc(C(=O)NC2CCC(Oc3cnccn3)CC2)[nH]n1. The number of amides is 1. The molecule has 0 aliphatic heterocycles. The zero-order valence-corrected chi connectivity index (χ0v) is 16.2. The average molecular weight is 393 g/mol. The second kappa shape index (κ2) is 8.72. The third-order valence-corrected chi connectivity index (χ3v) is 5.04. The van der Waals surface area contributed by atoms with Gasteiger partial charge in [-0.05, 0) is 43.9 Å². The Morgan fingerprint density at radius 1 is 1.17 bits per heavy atom. The minimum absolute atomic E-state index is 0.101. The van der Waals surface area contributed by atoms with E-state index >= 15 is 0 Å². The molecule has 0 spiro atoms. The van der Waals surface area contributed by atoms with Crippen LogP contribution in [0.4, 0.5) is 0 Å². The largest absolute Gasteiger partial charge is 0.496 e. The minimum Gasteiger partial charge on any atom is -0.496 e. The minimum atomic E-state index is -0.156. The van der Waals surface area contributed by atoms with Gasteiger partial charge < -0.3 is 14.8 Å². The summed E-state index contributed by atoms with van der Waals surface area (Å²) in [7, 11) is 1.61. The number of H-pyrrole nitrogens is 1. The smallest absolute Gasteiger partial charge is 0.269 e. The lowest BCUT2D eigenvalue weighted by atomic mass is 9.93. The summed E-state index contributed by atoms with van der Waals surface area (Å²) in [5, 5.41) is 10.2. The number of ether oxygens (including phenoxy) is 2. The molecule has 29 heavy (non-hydrogen) atoms. The van der Waals surface area contributed by atoms with E-state index in [9.17, 15) is 4.79 Å². The number of carbonyl (C=O) groups excluding carboxylic acids is 1. The van der Waals surface area contributed by atoms with Gasteiger partial charge >= 0.3 is 0 Å². The molecule has 4 rings (SSSR count). The standard InChI is InChI=1S/C21H23N5O3/c1-28-19-5-3-2-4-16(19)17-12-18(26-25-17)21(27)24-14-6-8-15(9-7-14)29-20-13-22-10-11-23-20/h2-5,10-15H,6-9H2,1H3,(H,24,27)(H,25,26). The maximum Gasteiger partial charge on any atom is 0.269 e. The van der Waals surface area contributed by atoms with Crippen molar-refractivity contribution in [3.05, 3.63) is 54.6 Å². The molecule has 8 heteroatoms. The molecule has 1 aromatic carbocycles. The molecule has 0 unspecified atom stereocenters. The number of para-hydroxylation sites is 1. The van der Waals surface area contributed by atoms with Crippen molar-refractivity contribution < 1.29 is 14.3 Å². The number of carbonyl (C=O) groups is 1. The summed E-state index contributed by atoms with van der Waals surface area (Å²) in [5.74, 6) is 1.10. The van der Waals surface area contributed by atoms with Crippen molar-refractivity contribution in [1.82, 2.24) is 25.5 Å². The van der Waals surface area contributed by atoms with Crippen molar-refractivity contribution in [2.75, 3.05) is 7.11 Å². The Morgan fingerprint density at radius 3 is 2.76 bits per heavy atom. The van der Waals surface area contributed by atoms with E-state index < -0.39 is 0 Å². The molecule has 1 aliphatic carbocycles. The normalized spacial score (nSPS) is 18.8. The maximum atomic E-state index is 12.6. The fourth-order valence-corrected chi connectivity index (χ4v) is 3.54. The van der Waals surface area contributed by atoms with E-state index in [1.165, 1.54) is 0 Å². The third-order valence-electron chi connectivity index (χ3n) is 5.04. The topological polar surface area (TPSA) is 102 Å². The number of nitrogens with zero attached hydrogens (tertiary/aromatic N) is 3. The van der Waals surface area contributed by atoms with Gasteiger partial charge in [0.25, 0.3) is 5.91 Å². The molecular weight excluding hydrogens is 370 g/mol. The number of nitrogens with one attached hydrogen (secondary N) is 2. The fourth-order valence-electron chi connectivity index (χ4n) is 3.54. The maximum absolute atomic E-state index is 12.6. The first-order valence-electron chi connectivity index (χ1n) is 9.65. The highest BCUT2D eigenvalue weighted by Crippen LogP contribution is 2.28. The van der Waals surface area contributed by atoms with Crippen molar-refractivity contribution in [2.45, 2.75) is 37.8 Å². The number of rotatable bonds is 6. The lowest BCUT2D eigenvalue weighted by Crippen LogP contribution is -2.39. The van der Waals surface area contributed by atoms with Gasteiger partial charge in [0.2, 0.25) is 5.88 Å². The molecule has 0 bridgehead atoms. The summed E-state index contributed by atoms with van der Waals surface area (Å²) < 4.78 is 11.2. The number of aromatic amines is 1. The number of hydrogen-bond acceptors (Lipinski definition) is 6. The predicted molar refractivity (Wildman–Crippen MR) is 107 cm³/mol. The van der Waals surface area contributed by atoms with Gasteiger partial charge in [0.15, 0.2) is 0 Å². The first-order valence-corrected chi connectivity index (χ1v) is 9.65. The second-order valence-corrected chi connectivity index (χ2v) is 6.98. The Kier molecular flexibility index (Phi) is 5.69. The van der Waals surface area contributed by atoms with Crippen LogP contribution in [0.15, 0.2) is 48.9 Å². The van der Waals surface area contributed by atoms with Gasteiger partial charge in [0, 0.05) is 24.0 Å². The molecule has 2 heterocycles. The molecule has 1 fully saturated rings. The Bertz CT molecular complexity index is 952. The van der Waals surface area contributed by atoms with Crippen LogP contribution in [-0.4, -0.2) is 45.3 Å². The highest BCUT2D eigenvalue weighted by molar-refractivity contribution is 5.93. The number of hydrogen-bond donors (Lipinski definition) is 2. The first-order chi connectivity index (χ1) is 14.2. The van der Waals surface area contributed by atoms with Crippen LogP contribution < -0.4 is 14.8 Å². The van der Waals surface area contributed by atoms with Crippen LogP contribution in [0.25, 0.3) is 11.3 Å². The molecule has 150 valence electrons. The van der Waals surface area contributed by atoms with Gasteiger partial charge in [-0.2, -0.15) is 5.10 Å². The van der Waals surface area contributed by atoms with Crippen LogP contribution in [0.3, 0.4) is 0 Å². The summed E-state index contributed by atoms with van der Waals surface area (Å²) in [6, 6.07) is 9.44. The van der Waals surface area contributed by atoms with Crippen molar-refractivity contribution >= 4 is 5.91 Å². The first kappa shape index (κ1) is 18.9. The zero-order valence-electron chi connectivity index (χ0n) is 16.2. The van der Waals surface area contributed by atoms with E-state index in [4.69, 9.17) is 9.47 Å². The highest BCUT2D eigenvalue weighted by atomic mass is 16.5. The van der Waals surface area contributed by atoms with Crippen molar-refractivity contribution in [2.24, 2.45) is 0 Å². The van der Waals surface area contributed by atoms with Crippen LogP contribution in [0.5, 0.6) is 11.6 Å². The Morgan fingerprint density at radius 2 is 2.00 bits per heavy atom. The number of aromatic nitrogens is 4. The molecule has 8 nitrogen and oxygen atoms in total. The van der Waals surface area contributed by atoms with Crippen LogP contribution in [0.1, 0.15) is 36.2 Å². The number of methoxy groups -OCH3 is 1. The van der Waals surface area contributed by atoms with Gasteiger partial charge in [-0.1, -0.05) is 12.1 Å². The zero-order chi connectivity index (χ0) is 20.1. The fraction of sp³-hybridized carbons (Fsp3) is 0.333. The second-order valence-electron chi connectivity index (χ2n) is 6.98. The summed E-state index contributed by atoms with van der Waals surface area (Å²) in [6.07, 6.45) is 8.37. The molecule has 3 aromatic rings. The van der Waals surface area contributed by atoms with Gasteiger partial charge in [-0.25, -0.2) is 4.98 Å². The van der Waals surface area contributed by atoms with Gasteiger partial charge in [-0.15, -0.1) is 0 Å². The van der Waals surface area contributed by atoms with Crippen LogP contribution in [0.2, 0.25) is 0 Å². The van der Waals surface area contributed by atoms with Gasteiger partial charge in [0.1, 0.15) is 17.5 Å². The van der Waals surface area contributed by atoms with E-state index in [-0.39, 0.29) is 18.1 Å². The quantitative estimate of drug-likeness (QED) is 0.667. The van der Waals surface area contributed by atoms with Crippen molar-refractivity contribution in [3.8, 4) is 22.9 Å². The van der Waals surface area contributed by atoms with Gasteiger partial charge in [-0.3, -0.25) is 14.9 Å². The Hall–Kier alpha value is -3.42. The predicted octanol–water partition coefficient (Wildman–Crippen LogP) is 3.00. The molecule has 1 saturated carbocycles. The van der Waals surface area contributed by atoms with E-state index in [0.29, 0.717) is 23.0 Å². The number of benzene rings is 1. The molecule has 0 atom stereocenters. The average Bonchev–Trinajstić information content (AvgIpc) is 3.26. The van der Waals surface area contributed by atoms with E-state index in [2.05, 4.69) is 25.5 Å². The molecular formula is C21H23N5O3. The molecule has 0 radical (unpaired) electrons. The summed E-state index contributed by atoms with van der Waals surface area (Å²) in [5.41, 5.74) is 1.95. The van der Waals surface area contributed by atoms with Crippen LogP contribution in [-0.2, 0) is 0 Å². The van der Waals surface area contributed by atoms with Crippen LogP contribution in [0, 0.1) is 0 Å². The molecule has 2 N–H and O–H groups in total. The summed E-state index contributed by atoms with van der Waals surface area (Å²) >= 11 is 0. The van der Waals surface area contributed by atoms with Crippen molar-refractivity contribution in [3.63, 3.8) is 0 Å². The third kappa shape index (κ3) is 4.53. The Labute approximate surface area is 168 Å². The lowest BCUT2D eigenvalue weighted by Gasteiger charge is -2.28. The van der Waals surface area contributed by atoms with Gasteiger partial charge in [0.05, 0.1) is 19.0 Å². The summed E-state index contributed by atoms with van der Waals surface area (Å²) in [4.78, 5) is 20.8. The molecule has 1 amide bonds. The van der Waals surface area contributed by atoms with E-state index in [0.717, 1.165) is 31.2 Å². The van der Waals surface area contributed by atoms with E-state index in [1.54, 1.807) is 31.8 Å².